The third kappa shape index (κ3) is 13.2. The number of carboxylic acid groups (broad SMARTS) is 1. The molecule has 0 radical (unpaired) electrons. The first-order valence-electron chi connectivity index (χ1n) is 16.8. The molecule has 1 aromatic carbocycles. The summed E-state index contributed by atoms with van der Waals surface area (Å²) in [4.78, 5) is 11.7. The summed E-state index contributed by atoms with van der Waals surface area (Å²) in [7, 11) is -12.8. The molecule has 2 heterocycles. The smallest absolute Gasteiger partial charge is 0.303 e. The number of allylic oxidation sites excluding steroid dienone is 4. The highest BCUT2D eigenvalue weighted by molar-refractivity contribution is 7.94. The summed E-state index contributed by atoms with van der Waals surface area (Å²) in [5.74, 6) is -2.36. The van der Waals surface area contributed by atoms with E-state index < -0.39 is 64.4 Å². The number of nitrogens with zero attached hydrogens (tertiary/aromatic N) is 3. The quantitative estimate of drug-likeness (QED) is 0.0246. The second-order valence-corrected chi connectivity index (χ2v) is 18.9. The molecule has 3 rings (SSSR count). The van der Waals surface area contributed by atoms with Crippen LogP contribution in [0.15, 0.2) is 52.1 Å². The molecule has 17 nitrogen and oxygen atoms in total. The number of benzene rings is 1. The van der Waals surface area contributed by atoms with Crippen molar-refractivity contribution < 1.29 is 68.0 Å². The fourth-order valence-corrected chi connectivity index (χ4v) is 8.68. The lowest BCUT2D eigenvalue weighted by molar-refractivity contribution is -0.438. The predicted molar refractivity (Wildman–Crippen MR) is 198 cm³/mol. The van der Waals surface area contributed by atoms with E-state index in [1.165, 1.54) is 0 Å². The molecular formula is C32H48N3O14S4+. The van der Waals surface area contributed by atoms with Gasteiger partial charge in [0.2, 0.25) is 5.69 Å². The zero-order chi connectivity index (χ0) is 39.7. The van der Waals surface area contributed by atoms with Gasteiger partial charge in [0.1, 0.15) is 6.54 Å². The standard InChI is InChI=1S/C32H47N3O14S4/c1-24-31(2,16-8-20-51(39,40)41)29(35(33-24)19-10-22-53(45,46)47)12-7-11-28-32(3,17-9-21-52(42,43)44)26-23-25(50-49-48-38)14-15-27(26)34(28)18-6-4-5-13-30(36)37/h7,11-12,14-15,23H,4-6,8-10,13,16-22H2,1-3H3,(H4-,36,37,38,39,40,41,42,43,44,45,46,47)/p+1. The number of unbranched alkanes of at least 4 members (excludes halogenated alkanes) is 2. The van der Waals surface area contributed by atoms with Gasteiger partial charge in [0.05, 0.1) is 34.7 Å². The molecule has 1 aromatic rings. The van der Waals surface area contributed by atoms with Gasteiger partial charge in [-0.25, -0.2) is 5.26 Å². The first kappa shape index (κ1) is 44.7. The number of rotatable bonds is 23. The molecule has 0 spiro atoms. The molecule has 0 fully saturated rings. The number of hydrogen-bond donors (Lipinski definition) is 5. The number of hydrazone groups is 1. The Morgan fingerprint density at radius 1 is 0.906 bits per heavy atom. The zero-order valence-corrected chi connectivity index (χ0v) is 33.0. The van der Waals surface area contributed by atoms with E-state index >= 15 is 0 Å². The van der Waals surface area contributed by atoms with E-state index in [4.69, 9.17) is 10.4 Å². The highest BCUT2D eigenvalue weighted by atomic mass is 32.2. The number of carboxylic acids is 1. The molecule has 2 atom stereocenters. The molecule has 21 heteroatoms. The molecule has 298 valence electrons. The third-order valence-electron chi connectivity index (χ3n) is 9.49. The summed E-state index contributed by atoms with van der Waals surface area (Å²) in [5, 5.41) is 27.8. The summed E-state index contributed by atoms with van der Waals surface area (Å²) in [6.07, 6.45) is 7.88. The lowest BCUT2D eigenvalue weighted by Gasteiger charge is -2.29. The van der Waals surface area contributed by atoms with Crippen LogP contribution in [0.25, 0.3) is 0 Å². The van der Waals surface area contributed by atoms with Crippen LogP contribution >= 0.6 is 12.0 Å². The van der Waals surface area contributed by atoms with E-state index in [0.29, 0.717) is 42.1 Å². The van der Waals surface area contributed by atoms with Crippen LogP contribution in [-0.4, -0.2) is 107 Å². The van der Waals surface area contributed by atoms with Crippen LogP contribution in [0.5, 0.6) is 0 Å². The molecule has 0 bridgehead atoms. The minimum atomic E-state index is -4.28. The Kier molecular flexibility index (Phi) is 15.8. The molecule has 0 aliphatic carbocycles. The van der Waals surface area contributed by atoms with Crippen molar-refractivity contribution in [2.24, 2.45) is 10.5 Å². The molecule has 0 saturated carbocycles. The highest BCUT2D eigenvalue weighted by Gasteiger charge is 2.48. The third-order valence-corrected chi connectivity index (χ3v) is 12.5. The summed E-state index contributed by atoms with van der Waals surface area (Å²) < 4.78 is 104. The van der Waals surface area contributed by atoms with Crippen molar-refractivity contribution in [1.82, 2.24) is 5.01 Å². The van der Waals surface area contributed by atoms with Crippen molar-refractivity contribution in [1.29, 1.82) is 0 Å². The molecule has 0 amide bonds. The van der Waals surface area contributed by atoms with Crippen LogP contribution in [0.2, 0.25) is 0 Å². The van der Waals surface area contributed by atoms with Gasteiger partial charge in [-0.15, -0.1) is 4.33 Å². The second-order valence-electron chi connectivity index (χ2n) is 13.4. The molecule has 2 aliphatic rings. The number of aliphatic carboxylic acids is 1. The Labute approximate surface area is 314 Å². The molecule has 0 aromatic heterocycles. The Hall–Kier alpha value is -2.73. The topological polar surface area (TPSA) is 258 Å². The maximum atomic E-state index is 11.7. The van der Waals surface area contributed by atoms with Crippen molar-refractivity contribution in [2.75, 3.05) is 30.3 Å². The van der Waals surface area contributed by atoms with E-state index in [-0.39, 0.29) is 45.1 Å². The molecule has 53 heavy (non-hydrogen) atoms. The van der Waals surface area contributed by atoms with E-state index in [1.54, 1.807) is 30.2 Å². The monoisotopic (exact) mass is 826 g/mol. The largest absolute Gasteiger partial charge is 0.481 e. The minimum Gasteiger partial charge on any atom is -0.481 e. The summed E-state index contributed by atoms with van der Waals surface area (Å²) in [6.45, 7) is 6.13. The van der Waals surface area contributed by atoms with Crippen LogP contribution in [0, 0.1) is 5.41 Å². The van der Waals surface area contributed by atoms with Gasteiger partial charge >= 0.3 is 5.97 Å². The van der Waals surface area contributed by atoms with Gasteiger partial charge in [-0.1, -0.05) is 11.1 Å². The molecule has 2 aliphatic heterocycles. The maximum absolute atomic E-state index is 11.7. The normalized spacial score (nSPS) is 21.6. The van der Waals surface area contributed by atoms with Gasteiger partial charge in [-0.3, -0.25) is 23.5 Å². The van der Waals surface area contributed by atoms with Crippen LogP contribution < -0.4 is 0 Å². The first-order chi connectivity index (χ1) is 24.6. The number of fused-ring (bicyclic) bond motifs is 1. The fourth-order valence-electron chi connectivity index (χ4n) is 6.77. The molecule has 0 saturated heterocycles. The average molecular weight is 827 g/mol. The summed E-state index contributed by atoms with van der Waals surface area (Å²) >= 11 is 0.752. The van der Waals surface area contributed by atoms with Crippen LogP contribution in [0.1, 0.15) is 84.1 Å². The first-order valence-corrected chi connectivity index (χ1v) is 22.4. The van der Waals surface area contributed by atoms with Crippen molar-refractivity contribution in [2.45, 2.75) is 88.9 Å². The van der Waals surface area contributed by atoms with Gasteiger partial charge in [-0.05, 0) is 83.9 Å². The predicted octanol–water partition coefficient (Wildman–Crippen LogP) is 4.87. The maximum Gasteiger partial charge on any atom is 0.303 e. The van der Waals surface area contributed by atoms with Crippen LogP contribution in [0.3, 0.4) is 0 Å². The van der Waals surface area contributed by atoms with Crippen molar-refractivity contribution >= 4 is 65.5 Å². The summed E-state index contributed by atoms with van der Waals surface area (Å²) in [6, 6.07) is 5.41. The Morgan fingerprint density at radius 2 is 1.51 bits per heavy atom. The van der Waals surface area contributed by atoms with Gasteiger partial charge in [0.25, 0.3) is 30.4 Å². The van der Waals surface area contributed by atoms with Crippen molar-refractivity contribution in [3.63, 3.8) is 0 Å². The molecule has 5 N–H and O–H groups in total. The Bertz CT molecular complexity index is 1950. The van der Waals surface area contributed by atoms with E-state index in [9.17, 15) is 43.7 Å². The molecular weight excluding hydrogens is 779 g/mol. The van der Waals surface area contributed by atoms with Crippen LogP contribution in [-0.2, 0) is 49.9 Å². The molecule has 2 unspecified atom stereocenters. The minimum absolute atomic E-state index is 0.0206. The fraction of sp³-hybridized carbons (Fsp3) is 0.594. The van der Waals surface area contributed by atoms with E-state index in [2.05, 4.69) is 19.0 Å². The van der Waals surface area contributed by atoms with Gasteiger partial charge in [0, 0.05) is 58.8 Å². The van der Waals surface area contributed by atoms with Gasteiger partial charge in [-0.2, -0.15) is 34.9 Å². The second kappa shape index (κ2) is 18.7. The SMILES string of the molecule is CC1=NN(CCCS(=O)(=O)O)/C(=C\C=C\C2=[N+](CCCCCC(=O)O)c3ccc(SOOO)cc3C2(C)CCCS(=O)(=O)O)C1(C)CCCS(=O)(=O)O. The average Bonchev–Trinajstić information content (AvgIpc) is 3.39. The summed E-state index contributed by atoms with van der Waals surface area (Å²) in [5.41, 5.74) is 1.91. The van der Waals surface area contributed by atoms with Gasteiger partial charge in [0.15, 0.2) is 5.71 Å². The van der Waals surface area contributed by atoms with Crippen molar-refractivity contribution in [3.05, 3.63) is 47.7 Å². The highest BCUT2D eigenvalue weighted by Crippen LogP contribution is 2.46. The Morgan fingerprint density at radius 3 is 2.09 bits per heavy atom. The van der Waals surface area contributed by atoms with Crippen molar-refractivity contribution in [3.8, 4) is 0 Å². The van der Waals surface area contributed by atoms with Gasteiger partial charge < -0.3 is 5.11 Å². The zero-order valence-electron chi connectivity index (χ0n) is 29.7. The lowest BCUT2D eigenvalue weighted by Crippen LogP contribution is -2.32. The number of hydrogen-bond acceptors (Lipinski definition) is 13. The van der Waals surface area contributed by atoms with E-state index in [0.717, 1.165) is 29.0 Å². The van der Waals surface area contributed by atoms with E-state index in [1.807, 2.05) is 32.1 Å². The lowest BCUT2D eigenvalue weighted by atomic mass is 9.75. The Balaban J connectivity index is 2.13. The number of carbonyl (C=O) groups is 1. The van der Waals surface area contributed by atoms with Crippen LogP contribution in [0.4, 0.5) is 5.69 Å².